The van der Waals surface area contributed by atoms with Gasteiger partial charge in [-0.05, 0) is 38.0 Å². The van der Waals surface area contributed by atoms with Crippen molar-refractivity contribution < 1.29 is 14.7 Å². The molecule has 108 valence electrons. The largest absolute Gasteiger partial charge is 0.480 e. The SMILES string of the molecule is CC[C@H](N)C(=O)N1C(C(=O)O)CCC2CCCCC21. The molecule has 1 saturated carbocycles. The molecule has 3 N–H and O–H groups in total. The lowest BCUT2D eigenvalue weighted by molar-refractivity contribution is -0.159. The molecule has 1 aliphatic heterocycles. The molecule has 3 unspecified atom stereocenters. The van der Waals surface area contributed by atoms with Gasteiger partial charge < -0.3 is 15.7 Å². The minimum Gasteiger partial charge on any atom is -0.480 e. The highest BCUT2D eigenvalue weighted by molar-refractivity contribution is 5.87. The fourth-order valence-corrected chi connectivity index (χ4v) is 3.56. The van der Waals surface area contributed by atoms with E-state index < -0.39 is 18.1 Å². The second kappa shape index (κ2) is 5.90. The summed E-state index contributed by atoms with van der Waals surface area (Å²) in [6.45, 7) is 1.86. The van der Waals surface area contributed by atoms with Crippen LogP contribution in [0.3, 0.4) is 0 Å². The predicted octanol–water partition coefficient (Wildman–Crippen LogP) is 1.36. The molecule has 1 heterocycles. The van der Waals surface area contributed by atoms with Gasteiger partial charge in [0, 0.05) is 6.04 Å². The first-order valence-corrected chi connectivity index (χ1v) is 7.36. The summed E-state index contributed by atoms with van der Waals surface area (Å²) in [5, 5.41) is 9.37. The minimum absolute atomic E-state index is 0.0914. The molecule has 0 aromatic carbocycles. The maximum atomic E-state index is 12.4. The van der Waals surface area contributed by atoms with E-state index in [0.29, 0.717) is 18.8 Å². The molecule has 0 radical (unpaired) electrons. The van der Waals surface area contributed by atoms with Crippen molar-refractivity contribution >= 4 is 11.9 Å². The Morgan fingerprint density at radius 1 is 1.26 bits per heavy atom. The molecule has 5 nitrogen and oxygen atoms in total. The van der Waals surface area contributed by atoms with Crippen molar-refractivity contribution in [3.63, 3.8) is 0 Å². The number of carboxylic acid groups (broad SMARTS) is 1. The third kappa shape index (κ3) is 2.76. The van der Waals surface area contributed by atoms with Crippen LogP contribution >= 0.6 is 0 Å². The van der Waals surface area contributed by atoms with Gasteiger partial charge in [0.15, 0.2) is 0 Å². The molecular formula is C14H24N2O3. The van der Waals surface area contributed by atoms with Crippen LogP contribution in [0.15, 0.2) is 0 Å². The number of aliphatic carboxylic acids is 1. The molecule has 1 saturated heterocycles. The van der Waals surface area contributed by atoms with E-state index in [0.717, 1.165) is 25.7 Å². The van der Waals surface area contributed by atoms with E-state index in [4.69, 9.17) is 5.73 Å². The molecule has 19 heavy (non-hydrogen) atoms. The number of carbonyl (C=O) groups is 2. The Morgan fingerprint density at radius 3 is 2.58 bits per heavy atom. The van der Waals surface area contributed by atoms with E-state index in [1.165, 1.54) is 6.42 Å². The number of hydrogen-bond acceptors (Lipinski definition) is 3. The summed E-state index contributed by atoms with van der Waals surface area (Å²) in [5.41, 5.74) is 5.85. The highest BCUT2D eigenvalue weighted by atomic mass is 16.4. The van der Waals surface area contributed by atoms with Crippen LogP contribution in [-0.2, 0) is 9.59 Å². The summed E-state index contributed by atoms with van der Waals surface area (Å²) < 4.78 is 0. The van der Waals surface area contributed by atoms with Crippen molar-refractivity contribution in [3.05, 3.63) is 0 Å². The average molecular weight is 268 g/mol. The standard InChI is InChI=1S/C14H24N2O3/c1-2-10(15)13(17)16-11-6-4-3-5-9(11)7-8-12(16)14(18)19/h9-12H,2-8,15H2,1H3,(H,18,19)/t9?,10-,11?,12?/m0/s1. The van der Waals surface area contributed by atoms with E-state index >= 15 is 0 Å². The lowest BCUT2D eigenvalue weighted by Gasteiger charge is -2.47. The maximum Gasteiger partial charge on any atom is 0.326 e. The maximum absolute atomic E-state index is 12.4. The van der Waals surface area contributed by atoms with Gasteiger partial charge in [0.2, 0.25) is 5.91 Å². The Bertz CT molecular complexity index is 359. The molecule has 2 aliphatic rings. The zero-order valence-electron chi connectivity index (χ0n) is 11.5. The Hall–Kier alpha value is -1.10. The molecule has 0 bridgehead atoms. The van der Waals surface area contributed by atoms with E-state index in [-0.39, 0.29) is 11.9 Å². The highest BCUT2D eigenvalue weighted by Crippen LogP contribution is 2.38. The van der Waals surface area contributed by atoms with Crippen molar-refractivity contribution in [2.75, 3.05) is 0 Å². The number of nitrogens with zero attached hydrogens (tertiary/aromatic N) is 1. The summed E-state index contributed by atoms with van der Waals surface area (Å²) in [4.78, 5) is 25.5. The summed E-state index contributed by atoms with van der Waals surface area (Å²) in [5.74, 6) is -0.593. The number of carboxylic acids is 1. The monoisotopic (exact) mass is 268 g/mol. The van der Waals surface area contributed by atoms with Gasteiger partial charge in [-0.3, -0.25) is 4.79 Å². The fraction of sp³-hybridized carbons (Fsp3) is 0.857. The molecular weight excluding hydrogens is 244 g/mol. The summed E-state index contributed by atoms with van der Waals surface area (Å²) in [6, 6.07) is -1.15. The first-order valence-electron chi connectivity index (χ1n) is 7.36. The number of likely N-dealkylation sites (tertiary alicyclic amines) is 1. The molecule has 1 amide bonds. The first-order chi connectivity index (χ1) is 9.06. The highest BCUT2D eigenvalue weighted by Gasteiger charge is 2.44. The van der Waals surface area contributed by atoms with Crippen LogP contribution in [-0.4, -0.2) is 40.0 Å². The van der Waals surface area contributed by atoms with Crippen LogP contribution in [0.25, 0.3) is 0 Å². The van der Waals surface area contributed by atoms with Crippen molar-refractivity contribution in [1.29, 1.82) is 0 Å². The van der Waals surface area contributed by atoms with Gasteiger partial charge in [-0.15, -0.1) is 0 Å². The van der Waals surface area contributed by atoms with E-state index in [2.05, 4.69) is 0 Å². The fourth-order valence-electron chi connectivity index (χ4n) is 3.56. The zero-order chi connectivity index (χ0) is 14.0. The van der Waals surface area contributed by atoms with Crippen molar-refractivity contribution in [1.82, 2.24) is 4.90 Å². The van der Waals surface area contributed by atoms with Crippen molar-refractivity contribution in [3.8, 4) is 0 Å². The molecule has 4 atom stereocenters. The topological polar surface area (TPSA) is 83.6 Å². The third-order valence-electron chi connectivity index (χ3n) is 4.67. The van der Waals surface area contributed by atoms with Crippen molar-refractivity contribution in [2.45, 2.75) is 70.0 Å². The molecule has 5 heteroatoms. The second-order valence-electron chi connectivity index (χ2n) is 5.80. The Balaban J connectivity index is 2.23. The van der Waals surface area contributed by atoms with E-state index in [1.807, 2.05) is 6.92 Å². The quantitative estimate of drug-likeness (QED) is 0.809. The molecule has 2 fully saturated rings. The van der Waals surface area contributed by atoms with Gasteiger partial charge in [-0.1, -0.05) is 19.8 Å². The molecule has 0 aromatic rings. The smallest absolute Gasteiger partial charge is 0.326 e. The Kier molecular flexibility index (Phi) is 4.45. The summed E-state index contributed by atoms with van der Waals surface area (Å²) >= 11 is 0. The molecule has 0 spiro atoms. The first kappa shape index (κ1) is 14.3. The number of piperidine rings is 1. The van der Waals surface area contributed by atoms with Crippen LogP contribution in [0.5, 0.6) is 0 Å². The number of carbonyl (C=O) groups excluding carboxylic acids is 1. The van der Waals surface area contributed by atoms with E-state index in [1.54, 1.807) is 4.90 Å². The lowest BCUT2D eigenvalue weighted by Crippen LogP contribution is -2.60. The van der Waals surface area contributed by atoms with Crippen LogP contribution in [0.1, 0.15) is 51.9 Å². The summed E-state index contributed by atoms with van der Waals surface area (Å²) in [6.07, 6.45) is 6.36. The number of rotatable bonds is 3. The van der Waals surface area contributed by atoms with Gasteiger partial charge in [0.1, 0.15) is 6.04 Å². The van der Waals surface area contributed by atoms with Gasteiger partial charge >= 0.3 is 5.97 Å². The lowest BCUT2D eigenvalue weighted by atomic mass is 9.76. The molecule has 1 aliphatic carbocycles. The zero-order valence-corrected chi connectivity index (χ0v) is 11.5. The summed E-state index contributed by atoms with van der Waals surface area (Å²) in [7, 11) is 0. The number of fused-ring (bicyclic) bond motifs is 1. The normalized spacial score (nSPS) is 32.5. The van der Waals surface area contributed by atoms with Gasteiger partial charge in [-0.25, -0.2) is 4.79 Å². The molecule has 2 rings (SSSR count). The van der Waals surface area contributed by atoms with Crippen LogP contribution in [0, 0.1) is 5.92 Å². The Labute approximate surface area is 114 Å². The van der Waals surface area contributed by atoms with Gasteiger partial charge in [-0.2, -0.15) is 0 Å². The number of nitrogens with two attached hydrogens (primary N) is 1. The van der Waals surface area contributed by atoms with Crippen LogP contribution in [0.2, 0.25) is 0 Å². The van der Waals surface area contributed by atoms with Crippen molar-refractivity contribution in [2.24, 2.45) is 11.7 Å². The van der Waals surface area contributed by atoms with Crippen LogP contribution < -0.4 is 5.73 Å². The Morgan fingerprint density at radius 2 is 1.95 bits per heavy atom. The average Bonchev–Trinajstić information content (AvgIpc) is 2.44. The van der Waals surface area contributed by atoms with Gasteiger partial charge in [0.25, 0.3) is 0 Å². The minimum atomic E-state index is -0.888. The second-order valence-corrected chi connectivity index (χ2v) is 5.80. The van der Waals surface area contributed by atoms with Crippen LogP contribution in [0.4, 0.5) is 0 Å². The number of amides is 1. The molecule has 0 aromatic heterocycles. The van der Waals surface area contributed by atoms with Gasteiger partial charge in [0.05, 0.1) is 6.04 Å². The van der Waals surface area contributed by atoms with E-state index in [9.17, 15) is 14.7 Å². The number of hydrogen-bond donors (Lipinski definition) is 2. The third-order valence-corrected chi connectivity index (χ3v) is 4.67. The predicted molar refractivity (Wildman–Crippen MR) is 71.5 cm³/mol.